The molecule has 0 bridgehead atoms. The van der Waals surface area contributed by atoms with Crippen LogP contribution in [0.4, 0.5) is 4.79 Å². The zero-order valence-corrected chi connectivity index (χ0v) is 9.68. The van der Waals surface area contributed by atoms with E-state index >= 15 is 0 Å². The zero-order valence-electron chi connectivity index (χ0n) is 9.68. The number of carboxylic acids is 1. The van der Waals surface area contributed by atoms with Crippen LogP contribution >= 0.6 is 0 Å². The number of carboxylic acid groups (broad SMARTS) is 1. The number of aliphatic carboxylic acids is 1. The molecule has 1 rings (SSSR count). The van der Waals surface area contributed by atoms with Crippen LogP contribution in [0.3, 0.4) is 0 Å². The van der Waals surface area contributed by atoms with Crippen molar-refractivity contribution in [1.82, 2.24) is 9.80 Å². The van der Waals surface area contributed by atoms with Crippen LogP contribution in [-0.2, 0) is 9.53 Å². The highest BCUT2D eigenvalue weighted by Gasteiger charge is 2.23. The van der Waals surface area contributed by atoms with Crippen LogP contribution in [0, 0.1) is 0 Å². The third-order valence-electron chi connectivity index (χ3n) is 2.33. The van der Waals surface area contributed by atoms with Gasteiger partial charge in [0, 0.05) is 26.2 Å². The number of carbonyl (C=O) groups excluding carboxylic acids is 1. The number of hydrogen-bond donors (Lipinski definition) is 1. The van der Waals surface area contributed by atoms with Gasteiger partial charge in [0.25, 0.3) is 0 Å². The largest absolute Gasteiger partial charge is 0.480 e. The van der Waals surface area contributed by atoms with Crippen LogP contribution < -0.4 is 0 Å². The van der Waals surface area contributed by atoms with E-state index in [9.17, 15) is 9.59 Å². The van der Waals surface area contributed by atoms with Crippen LogP contribution in [0.1, 0.15) is 13.8 Å². The predicted molar refractivity (Wildman–Crippen MR) is 57.3 cm³/mol. The SMILES string of the molecule is CC(C)OC(=O)N1CCN(CC(=O)O)CC1. The van der Waals surface area contributed by atoms with Gasteiger partial charge in [-0.1, -0.05) is 0 Å². The highest BCUT2D eigenvalue weighted by atomic mass is 16.6. The molecule has 1 aliphatic heterocycles. The summed E-state index contributed by atoms with van der Waals surface area (Å²) < 4.78 is 5.06. The molecule has 1 N–H and O–H groups in total. The lowest BCUT2D eigenvalue weighted by molar-refractivity contribution is -0.138. The van der Waals surface area contributed by atoms with Crippen molar-refractivity contribution in [1.29, 1.82) is 0 Å². The molecule has 0 aliphatic carbocycles. The number of carbonyl (C=O) groups is 2. The molecule has 0 aromatic heterocycles. The molecule has 0 radical (unpaired) electrons. The molecule has 1 heterocycles. The monoisotopic (exact) mass is 230 g/mol. The Morgan fingerprint density at radius 3 is 2.25 bits per heavy atom. The Morgan fingerprint density at radius 2 is 1.81 bits per heavy atom. The molecule has 0 aromatic carbocycles. The van der Waals surface area contributed by atoms with E-state index in [-0.39, 0.29) is 18.7 Å². The number of rotatable bonds is 3. The zero-order chi connectivity index (χ0) is 12.1. The van der Waals surface area contributed by atoms with Crippen LogP contribution in [0.5, 0.6) is 0 Å². The first-order valence-electron chi connectivity index (χ1n) is 5.38. The molecule has 1 fully saturated rings. The van der Waals surface area contributed by atoms with Gasteiger partial charge in [-0.3, -0.25) is 9.69 Å². The predicted octanol–water partition coefficient (Wildman–Crippen LogP) is 0.234. The van der Waals surface area contributed by atoms with Crippen molar-refractivity contribution >= 4 is 12.1 Å². The Hall–Kier alpha value is -1.30. The summed E-state index contributed by atoms with van der Waals surface area (Å²) in [6, 6.07) is 0. The molecule has 1 amide bonds. The summed E-state index contributed by atoms with van der Waals surface area (Å²) in [6.45, 7) is 5.86. The van der Waals surface area contributed by atoms with Gasteiger partial charge in [0.1, 0.15) is 0 Å². The molecule has 0 aromatic rings. The van der Waals surface area contributed by atoms with Crippen LogP contribution in [0.15, 0.2) is 0 Å². The quantitative estimate of drug-likeness (QED) is 0.751. The summed E-state index contributed by atoms with van der Waals surface area (Å²) in [7, 11) is 0. The Labute approximate surface area is 94.8 Å². The van der Waals surface area contributed by atoms with Crippen molar-refractivity contribution in [3.8, 4) is 0 Å². The third-order valence-corrected chi connectivity index (χ3v) is 2.33. The van der Waals surface area contributed by atoms with Gasteiger partial charge in [-0.2, -0.15) is 0 Å². The Morgan fingerprint density at radius 1 is 1.25 bits per heavy atom. The Bertz CT molecular complexity index is 260. The maximum atomic E-state index is 11.5. The highest BCUT2D eigenvalue weighted by molar-refractivity contribution is 5.69. The minimum Gasteiger partial charge on any atom is -0.480 e. The van der Waals surface area contributed by atoms with E-state index in [1.165, 1.54) is 0 Å². The van der Waals surface area contributed by atoms with Gasteiger partial charge in [0.15, 0.2) is 0 Å². The Balaban J connectivity index is 2.31. The normalized spacial score (nSPS) is 17.6. The molecule has 6 heteroatoms. The summed E-state index contributed by atoms with van der Waals surface area (Å²) in [4.78, 5) is 25.4. The molecule has 1 aliphatic rings. The molecule has 0 saturated carbocycles. The summed E-state index contributed by atoms with van der Waals surface area (Å²) in [6.07, 6.45) is -0.436. The lowest BCUT2D eigenvalue weighted by atomic mass is 10.3. The molecule has 0 spiro atoms. The fourth-order valence-corrected chi connectivity index (χ4v) is 1.56. The molecule has 92 valence electrons. The van der Waals surface area contributed by atoms with Crippen LogP contribution in [-0.4, -0.2) is 65.8 Å². The molecular formula is C10H18N2O4. The topological polar surface area (TPSA) is 70.1 Å². The molecule has 0 unspecified atom stereocenters. The van der Waals surface area contributed by atoms with Crippen molar-refractivity contribution in [3.05, 3.63) is 0 Å². The second-order valence-corrected chi connectivity index (χ2v) is 4.09. The first-order chi connectivity index (χ1) is 7.49. The van der Waals surface area contributed by atoms with E-state index in [1.807, 2.05) is 4.90 Å². The second kappa shape index (κ2) is 5.69. The van der Waals surface area contributed by atoms with Crippen molar-refractivity contribution in [3.63, 3.8) is 0 Å². The fraction of sp³-hybridized carbons (Fsp3) is 0.800. The van der Waals surface area contributed by atoms with Gasteiger partial charge in [0.05, 0.1) is 12.6 Å². The van der Waals surface area contributed by atoms with E-state index in [0.29, 0.717) is 26.2 Å². The van der Waals surface area contributed by atoms with Crippen molar-refractivity contribution < 1.29 is 19.4 Å². The first kappa shape index (κ1) is 12.8. The standard InChI is InChI=1S/C10H18N2O4/c1-8(2)16-10(15)12-5-3-11(4-6-12)7-9(13)14/h8H,3-7H2,1-2H3,(H,13,14). The summed E-state index contributed by atoms with van der Waals surface area (Å²) in [5.41, 5.74) is 0. The number of amides is 1. The number of hydrogen-bond acceptors (Lipinski definition) is 4. The van der Waals surface area contributed by atoms with Gasteiger partial charge < -0.3 is 14.7 Å². The average molecular weight is 230 g/mol. The van der Waals surface area contributed by atoms with E-state index < -0.39 is 5.97 Å². The van der Waals surface area contributed by atoms with Crippen LogP contribution in [0.25, 0.3) is 0 Å². The van der Waals surface area contributed by atoms with Gasteiger partial charge in [0.2, 0.25) is 0 Å². The van der Waals surface area contributed by atoms with E-state index in [1.54, 1.807) is 18.7 Å². The molecular weight excluding hydrogens is 212 g/mol. The van der Waals surface area contributed by atoms with Crippen molar-refractivity contribution in [2.75, 3.05) is 32.7 Å². The highest BCUT2D eigenvalue weighted by Crippen LogP contribution is 2.04. The Kier molecular flexibility index (Phi) is 4.54. The summed E-state index contributed by atoms with van der Waals surface area (Å²) in [5, 5.41) is 8.61. The maximum absolute atomic E-state index is 11.5. The minimum atomic E-state index is -0.835. The first-order valence-corrected chi connectivity index (χ1v) is 5.38. The lowest BCUT2D eigenvalue weighted by Crippen LogP contribution is -2.50. The molecule has 6 nitrogen and oxygen atoms in total. The van der Waals surface area contributed by atoms with E-state index in [2.05, 4.69) is 0 Å². The van der Waals surface area contributed by atoms with Gasteiger partial charge in [-0.05, 0) is 13.8 Å². The van der Waals surface area contributed by atoms with Crippen molar-refractivity contribution in [2.45, 2.75) is 20.0 Å². The smallest absolute Gasteiger partial charge is 0.410 e. The van der Waals surface area contributed by atoms with Crippen LogP contribution in [0.2, 0.25) is 0 Å². The van der Waals surface area contributed by atoms with Gasteiger partial charge >= 0.3 is 12.1 Å². The van der Waals surface area contributed by atoms with Gasteiger partial charge in [-0.15, -0.1) is 0 Å². The second-order valence-electron chi connectivity index (χ2n) is 4.09. The fourth-order valence-electron chi connectivity index (χ4n) is 1.56. The summed E-state index contributed by atoms with van der Waals surface area (Å²) >= 11 is 0. The lowest BCUT2D eigenvalue weighted by Gasteiger charge is -2.33. The number of piperazine rings is 1. The minimum absolute atomic E-state index is 0.0348. The number of nitrogens with zero attached hydrogens (tertiary/aromatic N) is 2. The van der Waals surface area contributed by atoms with E-state index in [4.69, 9.17) is 9.84 Å². The van der Waals surface area contributed by atoms with E-state index in [0.717, 1.165) is 0 Å². The summed E-state index contributed by atoms with van der Waals surface area (Å²) in [5.74, 6) is -0.835. The van der Waals surface area contributed by atoms with Gasteiger partial charge in [-0.25, -0.2) is 4.79 Å². The molecule has 16 heavy (non-hydrogen) atoms. The number of ether oxygens (including phenoxy) is 1. The third kappa shape index (κ3) is 4.06. The molecule has 1 saturated heterocycles. The molecule has 0 atom stereocenters. The van der Waals surface area contributed by atoms with Crippen molar-refractivity contribution in [2.24, 2.45) is 0 Å². The maximum Gasteiger partial charge on any atom is 0.410 e. The average Bonchev–Trinajstić information content (AvgIpc) is 2.16.